The van der Waals surface area contributed by atoms with E-state index in [1.165, 1.54) is 0 Å². The minimum Gasteiger partial charge on any atom is -0.397 e. The molecule has 1 amide bonds. The Hall–Kier alpha value is -1.62. The van der Waals surface area contributed by atoms with Gasteiger partial charge in [-0.1, -0.05) is 0 Å². The number of rotatable bonds is 2. The molecule has 2 rings (SSSR count). The number of hydrogen-bond donors (Lipinski definition) is 2. The van der Waals surface area contributed by atoms with Crippen LogP contribution in [0.1, 0.15) is 18.4 Å². The van der Waals surface area contributed by atoms with Gasteiger partial charge in [0.2, 0.25) is 5.91 Å². The molecule has 3 N–H and O–H groups in total. The number of hydrogen-bond acceptors (Lipinski definition) is 4. The van der Waals surface area contributed by atoms with E-state index in [4.69, 9.17) is 10.5 Å². The fourth-order valence-electron chi connectivity index (χ4n) is 1.89. The number of amides is 1. The molecule has 0 spiro atoms. The smallest absolute Gasteiger partial charge is 0.230 e. The standard InChI is InChI=1S/C12H17N3O2/c1-8-5-10(13)6-14-11(8)15-12(16)9-3-2-4-17-7-9/h5-6,9H,2-4,7,13H2,1H3,(H,14,15,16). The highest BCUT2D eigenvalue weighted by atomic mass is 16.5. The number of carbonyl (C=O) groups is 1. The second kappa shape index (κ2) is 5.14. The highest BCUT2D eigenvalue weighted by Gasteiger charge is 2.22. The lowest BCUT2D eigenvalue weighted by molar-refractivity contribution is -0.123. The van der Waals surface area contributed by atoms with Crippen molar-refractivity contribution in [1.82, 2.24) is 4.98 Å². The van der Waals surface area contributed by atoms with Crippen LogP contribution in [0.2, 0.25) is 0 Å². The summed E-state index contributed by atoms with van der Waals surface area (Å²) in [5, 5.41) is 2.82. The van der Waals surface area contributed by atoms with Crippen LogP contribution in [0.15, 0.2) is 12.3 Å². The maximum Gasteiger partial charge on any atom is 0.230 e. The first-order valence-electron chi connectivity index (χ1n) is 5.77. The monoisotopic (exact) mass is 235 g/mol. The number of anilines is 2. The number of nitrogens with zero attached hydrogens (tertiary/aromatic N) is 1. The van der Waals surface area contributed by atoms with E-state index in [-0.39, 0.29) is 11.8 Å². The van der Waals surface area contributed by atoms with E-state index >= 15 is 0 Å². The van der Waals surface area contributed by atoms with E-state index in [2.05, 4.69) is 10.3 Å². The predicted octanol–water partition coefficient (Wildman–Crippen LogP) is 1.34. The van der Waals surface area contributed by atoms with Gasteiger partial charge in [-0.05, 0) is 31.4 Å². The zero-order valence-electron chi connectivity index (χ0n) is 9.90. The van der Waals surface area contributed by atoms with E-state index in [0.29, 0.717) is 18.1 Å². The maximum atomic E-state index is 11.9. The average Bonchev–Trinajstić information content (AvgIpc) is 2.34. The molecule has 0 aromatic carbocycles. The Bertz CT molecular complexity index is 414. The molecule has 92 valence electrons. The number of carbonyl (C=O) groups excluding carboxylic acids is 1. The van der Waals surface area contributed by atoms with Crippen LogP contribution in [0.25, 0.3) is 0 Å². The number of nitrogens with two attached hydrogens (primary N) is 1. The van der Waals surface area contributed by atoms with E-state index in [1.807, 2.05) is 6.92 Å². The Morgan fingerprint density at radius 1 is 1.65 bits per heavy atom. The predicted molar refractivity (Wildman–Crippen MR) is 65.6 cm³/mol. The maximum absolute atomic E-state index is 11.9. The first kappa shape index (κ1) is 11.9. The molecule has 5 heteroatoms. The third-order valence-corrected chi connectivity index (χ3v) is 2.87. The Balaban J connectivity index is 2.02. The topological polar surface area (TPSA) is 77.2 Å². The highest BCUT2D eigenvalue weighted by molar-refractivity contribution is 5.92. The van der Waals surface area contributed by atoms with Gasteiger partial charge >= 0.3 is 0 Å². The van der Waals surface area contributed by atoms with Gasteiger partial charge in [-0.2, -0.15) is 0 Å². The van der Waals surface area contributed by atoms with Crippen molar-refractivity contribution in [1.29, 1.82) is 0 Å². The van der Waals surface area contributed by atoms with Crippen LogP contribution >= 0.6 is 0 Å². The third-order valence-electron chi connectivity index (χ3n) is 2.87. The molecule has 17 heavy (non-hydrogen) atoms. The highest BCUT2D eigenvalue weighted by Crippen LogP contribution is 2.18. The van der Waals surface area contributed by atoms with Crippen molar-refractivity contribution in [3.05, 3.63) is 17.8 Å². The molecule has 1 unspecified atom stereocenters. The van der Waals surface area contributed by atoms with Crippen LogP contribution in [0.4, 0.5) is 11.5 Å². The Morgan fingerprint density at radius 3 is 3.12 bits per heavy atom. The lowest BCUT2D eigenvalue weighted by Crippen LogP contribution is -2.30. The quantitative estimate of drug-likeness (QED) is 0.810. The lowest BCUT2D eigenvalue weighted by atomic mass is 10.0. The third kappa shape index (κ3) is 2.94. The van der Waals surface area contributed by atoms with Gasteiger partial charge in [0.1, 0.15) is 5.82 Å². The first-order valence-corrected chi connectivity index (χ1v) is 5.77. The van der Waals surface area contributed by atoms with Gasteiger partial charge in [0.15, 0.2) is 0 Å². The minimum atomic E-state index is -0.0671. The summed E-state index contributed by atoms with van der Waals surface area (Å²) >= 11 is 0. The fourth-order valence-corrected chi connectivity index (χ4v) is 1.89. The molecule has 1 saturated heterocycles. The van der Waals surface area contributed by atoms with Crippen LogP contribution in [0.3, 0.4) is 0 Å². The van der Waals surface area contributed by atoms with Crippen molar-refractivity contribution in [3.8, 4) is 0 Å². The van der Waals surface area contributed by atoms with Gasteiger partial charge in [0.25, 0.3) is 0 Å². The summed E-state index contributed by atoms with van der Waals surface area (Å²) in [6.45, 7) is 3.12. The SMILES string of the molecule is Cc1cc(N)cnc1NC(=O)C1CCCOC1. The molecule has 1 fully saturated rings. The van der Waals surface area contributed by atoms with Gasteiger partial charge in [-0.15, -0.1) is 0 Å². The van der Waals surface area contributed by atoms with Gasteiger partial charge in [-0.25, -0.2) is 4.98 Å². The van der Waals surface area contributed by atoms with E-state index in [1.54, 1.807) is 12.3 Å². The molecule has 1 aliphatic rings. The van der Waals surface area contributed by atoms with E-state index < -0.39 is 0 Å². The number of pyridine rings is 1. The molecule has 5 nitrogen and oxygen atoms in total. The molecule has 1 atom stereocenters. The van der Waals surface area contributed by atoms with Crippen LogP contribution < -0.4 is 11.1 Å². The number of ether oxygens (including phenoxy) is 1. The van der Waals surface area contributed by atoms with E-state index in [0.717, 1.165) is 25.0 Å². The summed E-state index contributed by atoms with van der Waals surface area (Å²) in [6, 6.07) is 1.79. The Labute approximate surface area is 100 Å². The van der Waals surface area contributed by atoms with Gasteiger partial charge < -0.3 is 15.8 Å². The zero-order chi connectivity index (χ0) is 12.3. The molecule has 1 aromatic heterocycles. The second-order valence-electron chi connectivity index (χ2n) is 4.34. The summed E-state index contributed by atoms with van der Waals surface area (Å²) in [7, 11) is 0. The summed E-state index contributed by atoms with van der Waals surface area (Å²) in [5.41, 5.74) is 7.07. The summed E-state index contributed by atoms with van der Waals surface area (Å²) in [4.78, 5) is 16.1. The molecule has 0 aliphatic carbocycles. The van der Waals surface area contributed by atoms with Gasteiger partial charge in [0.05, 0.1) is 24.4 Å². The molecule has 0 bridgehead atoms. The van der Waals surface area contributed by atoms with Crippen molar-refractivity contribution in [2.45, 2.75) is 19.8 Å². The normalized spacial score (nSPS) is 19.9. The lowest BCUT2D eigenvalue weighted by Gasteiger charge is -2.21. The van der Waals surface area contributed by atoms with Crippen molar-refractivity contribution in [2.24, 2.45) is 5.92 Å². The molecular formula is C12H17N3O2. The molecule has 1 aliphatic heterocycles. The fraction of sp³-hybridized carbons (Fsp3) is 0.500. The van der Waals surface area contributed by atoms with Crippen molar-refractivity contribution < 1.29 is 9.53 Å². The zero-order valence-corrected chi connectivity index (χ0v) is 9.90. The first-order chi connectivity index (χ1) is 8.16. The Kier molecular flexibility index (Phi) is 3.58. The summed E-state index contributed by atoms with van der Waals surface area (Å²) in [6.07, 6.45) is 3.35. The summed E-state index contributed by atoms with van der Waals surface area (Å²) < 4.78 is 5.29. The van der Waals surface area contributed by atoms with Crippen molar-refractivity contribution in [2.75, 3.05) is 24.3 Å². The van der Waals surface area contributed by atoms with Gasteiger partial charge in [0, 0.05) is 6.61 Å². The molecule has 2 heterocycles. The Morgan fingerprint density at radius 2 is 2.47 bits per heavy atom. The molecule has 0 radical (unpaired) electrons. The number of aromatic nitrogens is 1. The van der Waals surface area contributed by atoms with Crippen molar-refractivity contribution >= 4 is 17.4 Å². The average molecular weight is 235 g/mol. The van der Waals surface area contributed by atoms with Crippen LogP contribution in [0, 0.1) is 12.8 Å². The van der Waals surface area contributed by atoms with E-state index in [9.17, 15) is 4.79 Å². The molecule has 0 saturated carbocycles. The molecule has 1 aromatic rings. The summed E-state index contributed by atoms with van der Waals surface area (Å²) in [5.74, 6) is 0.488. The van der Waals surface area contributed by atoms with Crippen LogP contribution in [0.5, 0.6) is 0 Å². The van der Waals surface area contributed by atoms with Crippen LogP contribution in [-0.4, -0.2) is 24.1 Å². The van der Waals surface area contributed by atoms with Gasteiger partial charge in [-0.3, -0.25) is 4.79 Å². The number of nitrogen functional groups attached to an aromatic ring is 1. The molecular weight excluding hydrogens is 218 g/mol. The number of aryl methyl sites for hydroxylation is 1. The number of nitrogens with one attached hydrogen (secondary N) is 1. The van der Waals surface area contributed by atoms with Crippen molar-refractivity contribution in [3.63, 3.8) is 0 Å². The minimum absolute atomic E-state index is 0.0231. The van der Waals surface area contributed by atoms with Crippen LogP contribution in [-0.2, 0) is 9.53 Å². The largest absolute Gasteiger partial charge is 0.397 e. The second-order valence-corrected chi connectivity index (χ2v) is 4.34.